The second-order valence-electron chi connectivity index (χ2n) is 8.30. The number of nitrogens with one attached hydrogen (secondary N) is 1. The number of carboxylic acid groups (broad SMARTS) is 2. The number of carbonyl (C=O) groups is 2. The van der Waals surface area contributed by atoms with Crippen LogP contribution in [0.1, 0.15) is 16.9 Å². The molecule has 1 aromatic carbocycles. The van der Waals surface area contributed by atoms with Gasteiger partial charge in [-0.05, 0) is 31.7 Å². The third-order valence-electron chi connectivity index (χ3n) is 5.73. The van der Waals surface area contributed by atoms with Gasteiger partial charge >= 0.3 is 18.1 Å². The van der Waals surface area contributed by atoms with Crippen LogP contribution < -0.4 is 5.32 Å². The molecular formula is C24H27F3N4O5S. The lowest BCUT2D eigenvalue weighted by molar-refractivity contribution is -0.134. The molecule has 1 saturated heterocycles. The number of benzene rings is 1. The van der Waals surface area contributed by atoms with Crippen LogP contribution in [0.5, 0.6) is 0 Å². The van der Waals surface area contributed by atoms with Crippen molar-refractivity contribution in [2.24, 2.45) is 4.99 Å². The van der Waals surface area contributed by atoms with Crippen molar-refractivity contribution in [2.45, 2.75) is 18.6 Å². The zero-order chi connectivity index (χ0) is 27.2. The maximum absolute atomic E-state index is 13.4. The smallest absolute Gasteiger partial charge is 0.425 e. The fraction of sp³-hybridized carbons (Fsp3) is 0.375. The van der Waals surface area contributed by atoms with Crippen LogP contribution in [0.2, 0.25) is 0 Å². The van der Waals surface area contributed by atoms with Gasteiger partial charge in [0.25, 0.3) is 0 Å². The van der Waals surface area contributed by atoms with E-state index in [1.54, 1.807) is 7.11 Å². The molecule has 2 aliphatic rings. The average Bonchev–Trinajstić information content (AvgIpc) is 3.20. The van der Waals surface area contributed by atoms with Gasteiger partial charge in [-0.25, -0.2) is 14.6 Å². The molecule has 9 nitrogen and oxygen atoms in total. The monoisotopic (exact) mass is 540 g/mol. The number of alkyl halides is 3. The molecule has 3 N–H and O–H groups in total. The topological polar surface area (TPSA) is 115 Å². The molecule has 0 radical (unpaired) electrons. The normalized spacial score (nSPS) is 17.6. The third-order valence-corrected chi connectivity index (χ3v) is 6.83. The molecule has 37 heavy (non-hydrogen) atoms. The van der Waals surface area contributed by atoms with Crippen molar-refractivity contribution in [1.29, 1.82) is 0 Å². The van der Waals surface area contributed by atoms with E-state index in [2.05, 4.69) is 22.2 Å². The summed E-state index contributed by atoms with van der Waals surface area (Å²) in [5, 5.41) is 19.3. The van der Waals surface area contributed by atoms with E-state index in [0.717, 1.165) is 30.0 Å². The number of fused-ring (bicyclic) bond motifs is 2. The van der Waals surface area contributed by atoms with Crippen molar-refractivity contribution < 1.29 is 37.7 Å². The van der Waals surface area contributed by atoms with Crippen LogP contribution in [0.4, 0.5) is 29.5 Å². The Labute approximate surface area is 215 Å². The highest BCUT2D eigenvalue weighted by molar-refractivity contribution is 7.16. The summed E-state index contributed by atoms with van der Waals surface area (Å²) in [6, 6.07) is 8.92. The largest absolute Gasteiger partial charge is 0.478 e. The van der Waals surface area contributed by atoms with Crippen LogP contribution in [-0.2, 0) is 20.5 Å². The molecule has 2 aliphatic heterocycles. The lowest BCUT2D eigenvalue weighted by Crippen LogP contribution is -2.53. The molecule has 0 aliphatic carbocycles. The number of rotatable bonds is 5. The molecule has 200 valence electrons. The molecule has 0 saturated carbocycles. The molecule has 0 spiro atoms. The zero-order valence-corrected chi connectivity index (χ0v) is 21.0. The first kappa shape index (κ1) is 28.2. The number of ether oxygens (including phenoxy) is 1. The second-order valence-corrected chi connectivity index (χ2v) is 9.35. The molecule has 0 unspecified atom stereocenters. The number of nitrogens with zero attached hydrogens (tertiary/aromatic N) is 3. The lowest BCUT2D eigenvalue weighted by atomic mass is 10.1. The van der Waals surface area contributed by atoms with Crippen LogP contribution in [0.25, 0.3) is 0 Å². The van der Waals surface area contributed by atoms with Gasteiger partial charge in [-0.2, -0.15) is 13.2 Å². The van der Waals surface area contributed by atoms with E-state index in [1.165, 1.54) is 6.07 Å². The van der Waals surface area contributed by atoms with Gasteiger partial charge in [0.1, 0.15) is 15.7 Å². The molecule has 0 amide bonds. The molecule has 2 aromatic rings. The Morgan fingerprint density at radius 1 is 1.22 bits per heavy atom. The number of likely N-dealkylation sites (N-methyl/N-ethyl adjacent to an activating group) is 1. The van der Waals surface area contributed by atoms with Crippen LogP contribution >= 0.6 is 11.3 Å². The Kier molecular flexibility index (Phi) is 9.29. The minimum atomic E-state index is -4.38. The number of anilines is 2. The quantitative estimate of drug-likeness (QED) is 0.482. The summed E-state index contributed by atoms with van der Waals surface area (Å²) in [4.78, 5) is 27.7. The zero-order valence-electron chi connectivity index (χ0n) is 20.2. The van der Waals surface area contributed by atoms with Gasteiger partial charge in [0.15, 0.2) is 0 Å². The maximum Gasteiger partial charge on any atom is 0.425 e. The Balaban J connectivity index is 0.000000414. The Bertz CT molecular complexity index is 1170. The van der Waals surface area contributed by atoms with Crippen LogP contribution in [0.15, 0.2) is 47.5 Å². The van der Waals surface area contributed by atoms with Crippen molar-refractivity contribution in [1.82, 2.24) is 9.80 Å². The van der Waals surface area contributed by atoms with Crippen molar-refractivity contribution in [2.75, 3.05) is 45.7 Å². The second kappa shape index (κ2) is 12.2. The van der Waals surface area contributed by atoms with E-state index in [4.69, 9.17) is 19.9 Å². The Morgan fingerprint density at radius 3 is 2.51 bits per heavy atom. The molecular weight excluding hydrogens is 513 g/mol. The number of methoxy groups -OCH3 is 1. The third kappa shape index (κ3) is 7.54. The van der Waals surface area contributed by atoms with Gasteiger partial charge in [-0.15, -0.1) is 11.3 Å². The minimum Gasteiger partial charge on any atom is -0.478 e. The highest BCUT2D eigenvalue weighted by Gasteiger charge is 2.37. The molecule has 4 rings (SSSR count). The number of aliphatic imine (C=N–C) groups is 1. The molecule has 3 heterocycles. The Morgan fingerprint density at radius 2 is 1.89 bits per heavy atom. The number of carboxylic acids is 2. The fourth-order valence-corrected chi connectivity index (χ4v) is 4.78. The lowest BCUT2D eigenvalue weighted by Gasteiger charge is -2.40. The number of halogens is 3. The number of thiophene rings is 1. The highest BCUT2D eigenvalue weighted by atomic mass is 32.1. The van der Waals surface area contributed by atoms with Gasteiger partial charge in [-0.1, -0.05) is 12.1 Å². The van der Waals surface area contributed by atoms with Crippen molar-refractivity contribution in [3.05, 3.63) is 52.9 Å². The molecule has 0 bridgehead atoms. The predicted octanol–water partition coefficient (Wildman–Crippen LogP) is 4.27. The first-order chi connectivity index (χ1) is 17.5. The number of amidine groups is 1. The van der Waals surface area contributed by atoms with Gasteiger partial charge in [0.2, 0.25) is 0 Å². The molecule has 1 atom stereocenters. The van der Waals surface area contributed by atoms with Crippen molar-refractivity contribution >= 4 is 45.5 Å². The van der Waals surface area contributed by atoms with E-state index >= 15 is 0 Å². The van der Waals surface area contributed by atoms with Gasteiger partial charge in [0.05, 0.1) is 16.9 Å². The van der Waals surface area contributed by atoms with E-state index in [1.807, 2.05) is 24.3 Å². The number of hydrogen-bond donors (Lipinski definition) is 3. The summed E-state index contributed by atoms with van der Waals surface area (Å²) in [5.74, 6) is -1.92. The molecule has 1 fully saturated rings. The van der Waals surface area contributed by atoms with Gasteiger partial charge in [-0.3, -0.25) is 4.90 Å². The van der Waals surface area contributed by atoms with E-state index in [0.29, 0.717) is 53.9 Å². The van der Waals surface area contributed by atoms with Gasteiger partial charge in [0, 0.05) is 51.5 Å². The van der Waals surface area contributed by atoms with Crippen LogP contribution in [0.3, 0.4) is 0 Å². The molecule has 1 aromatic heterocycles. The fourth-order valence-electron chi connectivity index (χ4n) is 3.85. The van der Waals surface area contributed by atoms with E-state index < -0.39 is 23.0 Å². The van der Waals surface area contributed by atoms with E-state index in [-0.39, 0.29) is 6.04 Å². The first-order valence-corrected chi connectivity index (χ1v) is 12.1. The summed E-state index contributed by atoms with van der Waals surface area (Å²) in [6.45, 7) is 2.85. The summed E-state index contributed by atoms with van der Waals surface area (Å²) in [5.41, 5.74) is 1.95. The average molecular weight is 541 g/mol. The number of piperazine rings is 1. The minimum absolute atomic E-state index is 0.252. The first-order valence-electron chi connectivity index (χ1n) is 11.2. The predicted molar refractivity (Wildman–Crippen MR) is 134 cm³/mol. The van der Waals surface area contributed by atoms with Gasteiger partial charge < -0.3 is 25.2 Å². The van der Waals surface area contributed by atoms with Crippen LogP contribution in [0, 0.1) is 0 Å². The van der Waals surface area contributed by atoms with Crippen LogP contribution in [-0.4, -0.2) is 84.2 Å². The van der Waals surface area contributed by atoms with Crippen molar-refractivity contribution in [3.63, 3.8) is 0 Å². The Hall–Kier alpha value is -3.42. The highest BCUT2D eigenvalue weighted by Crippen LogP contribution is 2.44. The van der Waals surface area contributed by atoms with Crippen molar-refractivity contribution in [3.8, 4) is 0 Å². The number of hydrogen-bond acceptors (Lipinski definition) is 8. The standard InChI is InChI=1S/C20H23F3N4OS.C4H4O4/c1-26-8-9-27(12-13(26)7-10-28-2)18-14-11-17(20(21,22)23)29-19(14)25-16-6-4-3-5-15(16)24-18;5-3(6)1-2-4(7)8/h3-6,11,13,25H,7-10,12H2,1-2H3;1-2H,(H,5,6)(H,7,8)/b;2-1-/t13-;/m0./s1. The summed E-state index contributed by atoms with van der Waals surface area (Å²) < 4.78 is 45.4. The maximum atomic E-state index is 13.4. The SMILES string of the molecule is COCC[C@H]1CN(C2=Nc3ccccc3Nc3sc(C(F)(F)F)cc32)CCN1C.O=C(O)/C=C\C(=O)O. The molecule has 13 heteroatoms. The van der Waals surface area contributed by atoms with E-state index in [9.17, 15) is 22.8 Å². The summed E-state index contributed by atoms with van der Waals surface area (Å²) in [7, 11) is 3.75. The number of aliphatic carboxylic acids is 2. The summed E-state index contributed by atoms with van der Waals surface area (Å²) >= 11 is 0.728. The number of para-hydroxylation sites is 2. The summed E-state index contributed by atoms with van der Waals surface area (Å²) in [6.07, 6.45) is -2.41.